The Kier molecular flexibility index (Phi) is 11.8. The lowest BCUT2D eigenvalue weighted by Gasteiger charge is -2.23. The molecule has 22 heavy (non-hydrogen) atoms. The lowest BCUT2D eigenvalue weighted by molar-refractivity contribution is 0.133. The second-order valence-corrected chi connectivity index (χ2v) is 6.43. The number of hydrogen-bond donors (Lipinski definition) is 1. The maximum Gasteiger partial charge on any atom is 0.117 e. The van der Waals surface area contributed by atoms with Crippen LogP contribution in [-0.4, -0.2) is 11.2 Å². The van der Waals surface area contributed by atoms with E-state index in [1.807, 2.05) is 6.08 Å². The van der Waals surface area contributed by atoms with Crippen LogP contribution in [0.1, 0.15) is 84.0 Å². The van der Waals surface area contributed by atoms with Gasteiger partial charge in [-0.25, -0.2) is 0 Å². The van der Waals surface area contributed by atoms with Crippen LogP contribution in [0.5, 0.6) is 0 Å². The highest BCUT2D eigenvalue weighted by Crippen LogP contribution is 2.26. The fourth-order valence-electron chi connectivity index (χ4n) is 2.93. The van der Waals surface area contributed by atoms with E-state index in [1.54, 1.807) is 0 Å². The summed E-state index contributed by atoms with van der Waals surface area (Å²) >= 11 is 0. The SMILES string of the molecule is CCCC/C=C/CCCC/C=C/C#CC(O)C1CCCCC1. The van der Waals surface area contributed by atoms with E-state index in [4.69, 9.17) is 0 Å². The number of unbranched alkanes of at least 4 members (excludes halogenated alkanes) is 5. The normalized spacial score (nSPS) is 17.7. The van der Waals surface area contributed by atoms with E-state index in [-0.39, 0.29) is 0 Å². The van der Waals surface area contributed by atoms with Gasteiger partial charge in [0.1, 0.15) is 6.10 Å². The molecule has 0 radical (unpaired) electrons. The van der Waals surface area contributed by atoms with E-state index in [1.165, 1.54) is 57.8 Å². The van der Waals surface area contributed by atoms with Gasteiger partial charge >= 0.3 is 0 Å². The van der Waals surface area contributed by atoms with Crippen LogP contribution >= 0.6 is 0 Å². The number of allylic oxidation sites excluding steroid dienone is 4. The monoisotopic (exact) mass is 302 g/mol. The van der Waals surface area contributed by atoms with Gasteiger partial charge in [-0.1, -0.05) is 69.1 Å². The largest absolute Gasteiger partial charge is 0.380 e. The lowest BCUT2D eigenvalue weighted by Crippen LogP contribution is -2.20. The molecule has 0 amide bonds. The number of aliphatic hydroxyl groups excluding tert-OH is 1. The van der Waals surface area contributed by atoms with E-state index >= 15 is 0 Å². The third-order valence-electron chi connectivity index (χ3n) is 4.41. The molecule has 1 aliphatic rings. The van der Waals surface area contributed by atoms with Gasteiger partial charge in [0, 0.05) is 0 Å². The van der Waals surface area contributed by atoms with Crippen molar-refractivity contribution in [1.29, 1.82) is 0 Å². The summed E-state index contributed by atoms with van der Waals surface area (Å²) in [4.78, 5) is 0. The fraction of sp³-hybridized carbons (Fsp3) is 0.714. The van der Waals surface area contributed by atoms with Crippen molar-refractivity contribution in [3.05, 3.63) is 24.3 Å². The molecule has 0 heterocycles. The average Bonchev–Trinajstić information content (AvgIpc) is 2.56. The van der Waals surface area contributed by atoms with Gasteiger partial charge in [0.25, 0.3) is 0 Å². The summed E-state index contributed by atoms with van der Waals surface area (Å²) in [7, 11) is 0. The zero-order valence-corrected chi connectivity index (χ0v) is 14.4. The van der Waals surface area contributed by atoms with Gasteiger partial charge in [0.15, 0.2) is 0 Å². The third-order valence-corrected chi connectivity index (χ3v) is 4.41. The van der Waals surface area contributed by atoms with Crippen molar-refractivity contribution in [3.63, 3.8) is 0 Å². The molecule has 0 aromatic carbocycles. The highest BCUT2D eigenvalue weighted by molar-refractivity contribution is 5.18. The highest BCUT2D eigenvalue weighted by atomic mass is 16.3. The van der Waals surface area contributed by atoms with Crippen LogP contribution in [0.3, 0.4) is 0 Å². The zero-order chi connectivity index (χ0) is 15.9. The van der Waals surface area contributed by atoms with E-state index in [2.05, 4.69) is 37.0 Å². The van der Waals surface area contributed by atoms with Crippen molar-refractivity contribution in [2.24, 2.45) is 5.92 Å². The smallest absolute Gasteiger partial charge is 0.117 e. The topological polar surface area (TPSA) is 20.2 Å². The molecule has 1 nitrogen and oxygen atoms in total. The molecule has 1 atom stereocenters. The summed E-state index contributed by atoms with van der Waals surface area (Å²) in [6, 6.07) is 0. The van der Waals surface area contributed by atoms with Crippen LogP contribution < -0.4 is 0 Å². The predicted octanol–water partition coefficient (Wildman–Crippen LogP) is 5.79. The molecule has 1 saturated carbocycles. The van der Waals surface area contributed by atoms with Crippen LogP contribution in [0.25, 0.3) is 0 Å². The Bertz CT molecular complexity index is 363. The molecule has 124 valence electrons. The Morgan fingerprint density at radius 1 is 0.955 bits per heavy atom. The summed E-state index contributed by atoms with van der Waals surface area (Å²) in [5.74, 6) is 6.42. The molecule has 1 unspecified atom stereocenters. The molecule has 1 heteroatoms. The van der Waals surface area contributed by atoms with Crippen LogP contribution in [0.15, 0.2) is 24.3 Å². The lowest BCUT2D eigenvalue weighted by atomic mass is 9.85. The predicted molar refractivity (Wildman–Crippen MR) is 96.6 cm³/mol. The van der Waals surface area contributed by atoms with Crippen molar-refractivity contribution in [1.82, 2.24) is 0 Å². The Morgan fingerprint density at radius 3 is 2.27 bits per heavy atom. The molecule has 1 aliphatic carbocycles. The highest BCUT2D eigenvalue weighted by Gasteiger charge is 2.19. The van der Waals surface area contributed by atoms with Gasteiger partial charge in [0.2, 0.25) is 0 Å². The Labute approximate surface area is 137 Å². The van der Waals surface area contributed by atoms with Crippen LogP contribution in [-0.2, 0) is 0 Å². The van der Waals surface area contributed by atoms with Crippen molar-refractivity contribution in [3.8, 4) is 11.8 Å². The zero-order valence-electron chi connectivity index (χ0n) is 14.4. The third kappa shape index (κ3) is 9.85. The maximum absolute atomic E-state index is 10.0. The van der Waals surface area contributed by atoms with Crippen molar-refractivity contribution < 1.29 is 5.11 Å². The van der Waals surface area contributed by atoms with Gasteiger partial charge in [-0.15, -0.1) is 0 Å². The van der Waals surface area contributed by atoms with Gasteiger partial charge in [-0.05, 0) is 56.9 Å². The van der Waals surface area contributed by atoms with Gasteiger partial charge in [0.05, 0.1) is 0 Å². The average molecular weight is 303 g/mol. The second-order valence-electron chi connectivity index (χ2n) is 6.43. The Hall–Kier alpha value is -1.00. The van der Waals surface area contributed by atoms with E-state index in [9.17, 15) is 5.11 Å². The minimum absolute atomic E-state index is 0.411. The van der Waals surface area contributed by atoms with Crippen molar-refractivity contribution in [2.45, 2.75) is 90.1 Å². The summed E-state index contributed by atoms with van der Waals surface area (Å²) < 4.78 is 0. The first-order valence-corrected chi connectivity index (χ1v) is 9.33. The molecule has 0 spiro atoms. The van der Waals surface area contributed by atoms with E-state index in [0.717, 1.165) is 19.3 Å². The summed E-state index contributed by atoms with van der Waals surface area (Å²) in [5, 5.41) is 10.0. The Morgan fingerprint density at radius 2 is 1.59 bits per heavy atom. The number of hydrogen-bond acceptors (Lipinski definition) is 1. The molecule has 0 saturated heterocycles. The molecule has 1 N–H and O–H groups in total. The second kappa shape index (κ2) is 13.6. The molecular formula is C21H34O. The molecule has 0 aliphatic heterocycles. The number of aliphatic hydroxyl groups is 1. The van der Waals surface area contributed by atoms with Gasteiger partial charge in [-0.2, -0.15) is 0 Å². The first-order valence-electron chi connectivity index (χ1n) is 9.33. The molecule has 0 aromatic heterocycles. The van der Waals surface area contributed by atoms with Gasteiger partial charge in [-0.3, -0.25) is 0 Å². The first kappa shape index (κ1) is 19.0. The van der Waals surface area contributed by atoms with E-state index < -0.39 is 6.10 Å². The van der Waals surface area contributed by atoms with Crippen LogP contribution in [0, 0.1) is 17.8 Å². The summed E-state index contributed by atoms with van der Waals surface area (Å²) in [5.41, 5.74) is 0. The van der Waals surface area contributed by atoms with Crippen molar-refractivity contribution in [2.75, 3.05) is 0 Å². The van der Waals surface area contributed by atoms with Gasteiger partial charge < -0.3 is 5.11 Å². The molecule has 0 aromatic rings. The van der Waals surface area contributed by atoms with E-state index in [0.29, 0.717) is 5.92 Å². The molecule has 1 rings (SSSR count). The molecule has 0 bridgehead atoms. The fourth-order valence-corrected chi connectivity index (χ4v) is 2.93. The summed E-state index contributed by atoms with van der Waals surface area (Å²) in [6.45, 7) is 2.23. The maximum atomic E-state index is 10.0. The Balaban J connectivity index is 2.01. The number of rotatable bonds is 9. The minimum Gasteiger partial charge on any atom is -0.380 e. The first-order chi connectivity index (χ1) is 10.8. The molecular weight excluding hydrogens is 268 g/mol. The summed E-state index contributed by atoms with van der Waals surface area (Å²) in [6.07, 6.45) is 23.0. The standard InChI is InChI=1S/C21H34O/c1-2-3-4-5-6-7-8-9-10-11-12-16-19-21(22)20-17-14-13-15-18-20/h5-6,11-12,20-22H,2-4,7-10,13-15,17-18H2,1H3/b6-5+,12-11+. The van der Waals surface area contributed by atoms with Crippen molar-refractivity contribution >= 4 is 0 Å². The quantitative estimate of drug-likeness (QED) is 0.324. The molecule has 1 fully saturated rings. The minimum atomic E-state index is -0.418. The van der Waals surface area contributed by atoms with Crippen LogP contribution in [0.2, 0.25) is 0 Å². The van der Waals surface area contributed by atoms with Crippen LogP contribution in [0.4, 0.5) is 0 Å².